The van der Waals surface area contributed by atoms with Crippen LogP contribution in [0.1, 0.15) is 11.3 Å². The second kappa shape index (κ2) is 4.37. The van der Waals surface area contributed by atoms with Crippen molar-refractivity contribution in [2.45, 2.75) is 13.8 Å². The first-order chi connectivity index (χ1) is 7.99. The first-order valence-corrected chi connectivity index (χ1v) is 5.33. The van der Waals surface area contributed by atoms with E-state index in [0.717, 1.165) is 0 Å². The number of aryl methyl sites for hydroxylation is 2. The molecular formula is C12H9ClF2N2. The average Bonchev–Trinajstić information content (AvgIpc) is 2.29. The van der Waals surface area contributed by atoms with Crippen molar-refractivity contribution in [2.75, 3.05) is 0 Å². The molecular weight excluding hydrogens is 246 g/mol. The molecule has 1 heterocycles. The molecule has 88 valence electrons. The van der Waals surface area contributed by atoms with E-state index in [0.29, 0.717) is 11.1 Å². The lowest BCUT2D eigenvalue weighted by Gasteiger charge is -2.05. The minimum Gasteiger partial charge on any atom is -0.230 e. The topological polar surface area (TPSA) is 25.8 Å². The molecule has 2 nitrogen and oxygen atoms in total. The molecule has 0 N–H and O–H groups in total. The van der Waals surface area contributed by atoms with Crippen LogP contribution in [-0.4, -0.2) is 9.97 Å². The van der Waals surface area contributed by atoms with E-state index < -0.39 is 5.82 Å². The molecule has 2 aromatic rings. The van der Waals surface area contributed by atoms with E-state index in [1.54, 1.807) is 19.1 Å². The zero-order valence-corrected chi connectivity index (χ0v) is 10.0. The molecule has 0 atom stereocenters. The van der Waals surface area contributed by atoms with Crippen molar-refractivity contribution in [1.29, 1.82) is 0 Å². The van der Waals surface area contributed by atoms with Gasteiger partial charge in [-0.25, -0.2) is 18.7 Å². The quantitative estimate of drug-likeness (QED) is 0.726. The lowest BCUT2D eigenvalue weighted by molar-refractivity contribution is 0.602. The summed E-state index contributed by atoms with van der Waals surface area (Å²) in [5.41, 5.74) is 1.14. The third-order valence-corrected chi connectivity index (χ3v) is 2.66. The van der Waals surface area contributed by atoms with Crippen LogP contribution in [0.2, 0.25) is 5.15 Å². The fourth-order valence-electron chi connectivity index (χ4n) is 1.39. The van der Waals surface area contributed by atoms with Crippen molar-refractivity contribution in [3.63, 3.8) is 0 Å². The van der Waals surface area contributed by atoms with Gasteiger partial charge in [-0.1, -0.05) is 23.7 Å². The van der Waals surface area contributed by atoms with Gasteiger partial charge < -0.3 is 0 Å². The number of hydrogen-bond donors (Lipinski definition) is 0. The van der Waals surface area contributed by atoms with E-state index >= 15 is 0 Å². The van der Waals surface area contributed by atoms with Crippen molar-refractivity contribution >= 4 is 11.6 Å². The van der Waals surface area contributed by atoms with Gasteiger partial charge in [-0.3, -0.25) is 0 Å². The van der Waals surface area contributed by atoms with Crippen LogP contribution in [0, 0.1) is 25.5 Å². The fraction of sp³-hybridized carbons (Fsp3) is 0.167. The van der Waals surface area contributed by atoms with Crippen molar-refractivity contribution in [1.82, 2.24) is 9.97 Å². The van der Waals surface area contributed by atoms with Gasteiger partial charge in [0.2, 0.25) is 0 Å². The van der Waals surface area contributed by atoms with Crippen LogP contribution in [0.3, 0.4) is 0 Å². The van der Waals surface area contributed by atoms with Gasteiger partial charge in [0.15, 0.2) is 16.8 Å². The Labute approximate surface area is 102 Å². The van der Waals surface area contributed by atoms with Crippen molar-refractivity contribution in [2.24, 2.45) is 0 Å². The van der Waals surface area contributed by atoms with Gasteiger partial charge >= 0.3 is 0 Å². The van der Waals surface area contributed by atoms with E-state index in [2.05, 4.69) is 9.97 Å². The predicted octanol–water partition coefficient (Wildman–Crippen LogP) is 3.69. The Morgan fingerprint density at radius 3 is 2.41 bits per heavy atom. The highest BCUT2D eigenvalue weighted by Gasteiger charge is 2.11. The van der Waals surface area contributed by atoms with Gasteiger partial charge in [-0.2, -0.15) is 0 Å². The third kappa shape index (κ3) is 2.26. The van der Waals surface area contributed by atoms with Crippen molar-refractivity contribution < 1.29 is 8.78 Å². The third-order valence-electron chi connectivity index (χ3n) is 2.41. The number of nitrogens with zero attached hydrogens (tertiary/aromatic N) is 2. The van der Waals surface area contributed by atoms with Gasteiger partial charge in [-0.05, 0) is 25.5 Å². The first kappa shape index (κ1) is 11.9. The average molecular weight is 255 g/mol. The molecule has 0 aliphatic rings. The monoisotopic (exact) mass is 254 g/mol. The Balaban J connectivity index is 2.57. The normalized spacial score (nSPS) is 10.6. The molecule has 0 bridgehead atoms. The minimum atomic E-state index is -0.650. The summed E-state index contributed by atoms with van der Waals surface area (Å²) >= 11 is 5.62. The highest BCUT2D eigenvalue weighted by Crippen LogP contribution is 2.22. The fourth-order valence-corrected chi connectivity index (χ4v) is 1.60. The maximum Gasteiger partial charge on any atom is 0.181 e. The van der Waals surface area contributed by atoms with Crippen LogP contribution in [0.25, 0.3) is 11.4 Å². The van der Waals surface area contributed by atoms with Crippen molar-refractivity contribution in [3.05, 3.63) is 46.2 Å². The van der Waals surface area contributed by atoms with E-state index in [9.17, 15) is 8.78 Å². The summed E-state index contributed by atoms with van der Waals surface area (Å²) in [6.07, 6.45) is 0. The number of benzene rings is 1. The molecule has 0 saturated heterocycles. The number of rotatable bonds is 1. The lowest BCUT2D eigenvalue weighted by Crippen LogP contribution is -1.98. The molecule has 0 unspecified atom stereocenters. The summed E-state index contributed by atoms with van der Waals surface area (Å²) in [4.78, 5) is 7.72. The zero-order valence-electron chi connectivity index (χ0n) is 9.26. The summed E-state index contributed by atoms with van der Waals surface area (Å²) in [7, 11) is 0. The highest BCUT2D eigenvalue weighted by molar-refractivity contribution is 6.29. The Hall–Kier alpha value is -1.55. The van der Waals surface area contributed by atoms with Gasteiger partial charge in [0.05, 0.1) is 5.69 Å². The zero-order chi connectivity index (χ0) is 12.6. The van der Waals surface area contributed by atoms with Crippen LogP contribution in [-0.2, 0) is 0 Å². The summed E-state index contributed by atoms with van der Waals surface area (Å²) < 4.78 is 26.6. The molecule has 1 aromatic heterocycles. The Morgan fingerprint density at radius 2 is 1.82 bits per heavy atom. The van der Waals surface area contributed by atoms with Gasteiger partial charge in [0, 0.05) is 5.56 Å². The Morgan fingerprint density at radius 1 is 1.12 bits per heavy atom. The summed E-state index contributed by atoms with van der Waals surface area (Å²) in [5, 5.41) is -0.256. The van der Waals surface area contributed by atoms with Crippen molar-refractivity contribution in [3.8, 4) is 11.4 Å². The second-order valence-electron chi connectivity index (χ2n) is 3.70. The van der Waals surface area contributed by atoms with E-state index in [1.165, 1.54) is 13.0 Å². The standard InChI is InChI=1S/C12H9ClF2N2/c1-6-3-4-8(5-9(6)14)12-16-7(2)10(15)11(13)17-12/h3-5H,1-2H3. The number of aromatic nitrogens is 2. The molecule has 2 rings (SSSR count). The summed E-state index contributed by atoms with van der Waals surface area (Å²) in [6, 6.07) is 4.58. The SMILES string of the molecule is Cc1ccc(-c2nc(C)c(F)c(Cl)n2)cc1F. The van der Waals surface area contributed by atoms with Gasteiger partial charge in [0.25, 0.3) is 0 Å². The van der Waals surface area contributed by atoms with Crippen LogP contribution >= 0.6 is 11.6 Å². The van der Waals surface area contributed by atoms with Gasteiger partial charge in [-0.15, -0.1) is 0 Å². The molecule has 5 heteroatoms. The summed E-state index contributed by atoms with van der Waals surface area (Å²) in [6.45, 7) is 3.14. The summed E-state index contributed by atoms with van der Waals surface area (Å²) in [5.74, 6) is -0.792. The molecule has 0 aliphatic carbocycles. The van der Waals surface area contributed by atoms with Gasteiger partial charge in [0.1, 0.15) is 5.82 Å². The molecule has 0 radical (unpaired) electrons. The predicted molar refractivity (Wildman–Crippen MR) is 61.9 cm³/mol. The molecule has 0 saturated carbocycles. The molecule has 17 heavy (non-hydrogen) atoms. The smallest absolute Gasteiger partial charge is 0.181 e. The maximum absolute atomic E-state index is 13.4. The minimum absolute atomic E-state index is 0.140. The van der Waals surface area contributed by atoms with Crippen LogP contribution in [0.4, 0.5) is 8.78 Å². The number of hydrogen-bond acceptors (Lipinski definition) is 2. The lowest BCUT2D eigenvalue weighted by atomic mass is 10.1. The Bertz CT molecular complexity index is 562. The van der Waals surface area contributed by atoms with Crippen LogP contribution in [0.5, 0.6) is 0 Å². The molecule has 0 amide bonds. The van der Waals surface area contributed by atoms with E-state index in [-0.39, 0.29) is 22.5 Å². The molecule has 0 aliphatic heterocycles. The maximum atomic E-state index is 13.4. The Kier molecular flexibility index (Phi) is 3.07. The molecule has 1 aromatic carbocycles. The van der Waals surface area contributed by atoms with E-state index in [4.69, 9.17) is 11.6 Å². The highest BCUT2D eigenvalue weighted by atomic mass is 35.5. The molecule has 0 spiro atoms. The second-order valence-corrected chi connectivity index (χ2v) is 4.06. The number of halogens is 3. The molecule has 0 fully saturated rings. The van der Waals surface area contributed by atoms with Crippen LogP contribution in [0.15, 0.2) is 18.2 Å². The largest absolute Gasteiger partial charge is 0.230 e. The van der Waals surface area contributed by atoms with E-state index in [1.807, 2.05) is 0 Å². The van der Waals surface area contributed by atoms with Crippen LogP contribution < -0.4 is 0 Å². The first-order valence-electron chi connectivity index (χ1n) is 4.95.